The molecule has 15 heavy (non-hydrogen) atoms. The molecular weight excluding hydrogens is 182 g/mol. The third kappa shape index (κ3) is 5.55. The molecule has 0 spiro atoms. The molecule has 0 atom stereocenters. The molecule has 0 aromatic carbocycles. The Kier molecular flexibility index (Phi) is 6.31. The summed E-state index contributed by atoms with van der Waals surface area (Å²) in [6.45, 7) is 11.0. The van der Waals surface area contributed by atoms with Crippen molar-refractivity contribution in [2.45, 2.75) is 59.3 Å². The van der Waals surface area contributed by atoms with Crippen molar-refractivity contribution in [2.75, 3.05) is 19.6 Å². The number of hydrogen-bond acceptors (Lipinski definition) is 1. The highest BCUT2D eigenvalue weighted by Crippen LogP contribution is 2.21. The second kappa shape index (κ2) is 7.27. The molecule has 1 nitrogen and oxygen atoms in total. The van der Waals surface area contributed by atoms with Crippen molar-refractivity contribution in [3.05, 3.63) is 0 Å². The summed E-state index contributed by atoms with van der Waals surface area (Å²) in [4.78, 5) is 2.68. The van der Waals surface area contributed by atoms with Crippen molar-refractivity contribution in [2.24, 2.45) is 11.8 Å². The fourth-order valence-corrected chi connectivity index (χ4v) is 2.63. The van der Waals surface area contributed by atoms with Gasteiger partial charge in [0.2, 0.25) is 0 Å². The summed E-state index contributed by atoms with van der Waals surface area (Å²) >= 11 is 0. The molecule has 0 aromatic heterocycles. The van der Waals surface area contributed by atoms with Crippen LogP contribution in [0.1, 0.15) is 59.3 Å². The SMILES string of the molecule is CCCC1CCN(CCCC(C)C)CC1. The molecule has 90 valence electrons. The van der Waals surface area contributed by atoms with Gasteiger partial charge < -0.3 is 4.90 Å². The Morgan fingerprint density at radius 1 is 1.20 bits per heavy atom. The first-order valence-corrected chi connectivity index (χ1v) is 6.94. The zero-order chi connectivity index (χ0) is 11.1. The molecule has 1 aliphatic heterocycles. The van der Waals surface area contributed by atoms with E-state index >= 15 is 0 Å². The van der Waals surface area contributed by atoms with Gasteiger partial charge >= 0.3 is 0 Å². The number of hydrogen-bond donors (Lipinski definition) is 0. The largest absolute Gasteiger partial charge is 0.303 e. The minimum Gasteiger partial charge on any atom is -0.303 e. The zero-order valence-electron chi connectivity index (χ0n) is 11.0. The van der Waals surface area contributed by atoms with Crippen molar-refractivity contribution >= 4 is 0 Å². The van der Waals surface area contributed by atoms with Crippen LogP contribution in [-0.4, -0.2) is 24.5 Å². The van der Waals surface area contributed by atoms with Gasteiger partial charge in [-0.2, -0.15) is 0 Å². The van der Waals surface area contributed by atoms with Gasteiger partial charge in [0.25, 0.3) is 0 Å². The van der Waals surface area contributed by atoms with E-state index in [0.29, 0.717) is 0 Å². The molecule has 1 rings (SSSR count). The van der Waals surface area contributed by atoms with E-state index < -0.39 is 0 Å². The Morgan fingerprint density at radius 3 is 2.40 bits per heavy atom. The van der Waals surface area contributed by atoms with Crippen LogP contribution in [0.2, 0.25) is 0 Å². The van der Waals surface area contributed by atoms with Gasteiger partial charge in [-0.15, -0.1) is 0 Å². The van der Waals surface area contributed by atoms with Gasteiger partial charge in [-0.3, -0.25) is 0 Å². The Morgan fingerprint density at radius 2 is 1.87 bits per heavy atom. The van der Waals surface area contributed by atoms with Crippen molar-refractivity contribution < 1.29 is 0 Å². The molecule has 0 bridgehead atoms. The topological polar surface area (TPSA) is 3.24 Å². The van der Waals surface area contributed by atoms with E-state index in [-0.39, 0.29) is 0 Å². The minimum atomic E-state index is 0.877. The average molecular weight is 211 g/mol. The summed E-state index contributed by atoms with van der Waals surface area (Å²) in [7, 11) is 0. The van der Waals surface area contributed by atoms with E-state index in [0.717, 1.165) is 11.8 Å². The van der Waals surface area contributed by atoms with Crippen LogP contribution in [0.3, 0.4) is 0 Å². The quantitative estimate of drug-likeness (QED) is 0.643. The highest BCUT2D eigenvalue weighted by atomic mass is 15.1. The van der Waals surface area contributed by atoms with Crippen LogP contribution >= 0.6 is 0 Å². The standard InChI is InChI=1S/C14H29N/c1-4-6-14-8-11-15(12-9-14)10-5-7-13(2)3/h13-14H,4-12H2,1-3H3. The third-order valence-electron chi connectivity index (χ3n) is 3.66. The molecule has 0 aliphatic carbocycles. The van der Waals surface area contributed by atoms with Crippen LogP contribution in [0.4, 0.5) is 0 Å². The second-order valence-electron chi connectivity index (χ2n) is 5.61. The maximum atomic E-state index is 2.68. The molecule has 1 fully saturated rings. The summed E-state index contributed by atoms with van der Waals surface area (Å²) in [6, 6.07) is 0. The van der Waals surface area contributed by atoms with Gasteiger partial charge in [-0.25, -0.2) is 0 Å². The van der Waals surface area contributed by atoms with E-state index in [1.165, 1.54) is 58.2 Å². The zero-order valence-corrected chi connectivity index (χ0v) is 11.0. The first-order chi connectivity index (χ1) is 7.22. The van der Waals surface area contributed by atoms with E-state index in [4.69, 9.17) is 0 Å². The lowest BCUT2D eigenvalue weighted by Gasteiger charge is -2.31. The Labute approximate surface area is 96.2 Å². The van der Waals surface area contributed by atoms with Crippen LogP contribution in [0.25, 0.3) is 0 Å². The van der Waals surface area contributed by atoms with E-state index in [2.05, 4.69) is 25.7 Å². The van der Waals surface area contributed by atoms with Crippen LogP contribution in [0.15, 0.2) is 0 Å². The predicted octanol–water partition coefficient (Wildman–Crippen LogP) is 3.93. The van der Waals surface area contributed by atoms with Gasteiger partial charge in [0, 0.05) is 0 Å². The Bertz CT molecular complexity index is 145. The number of likely N-dealkylation sites (tertiary alicyclic amines) is 1. The van der Waals surface area contributed by atoms with Gasteiger partial charge in [0.1, 0.15) is 0 Å². The molecule has 1 heteroatoms. The maximum absolute atomic E-state index is 2.68. The van der Waals surface area contributed by atoms with E-state index in [1.807, 2.05) is 0 Å². The first kappa shape index (κ1) is 13.0. The first-order valence-electron chi connectivity index (χ1n) is 6.94. The van der Waals surface area contributed by atoms with Crippen LogP contribution in [0.5, 0.6) is 0 Å². The molecule has 0 unspecified atom stereocenters. The Balaban J connectivity index is 2.04. The fraction of sp³-hybridized carbons (Fsp3) is 1.00. The van der Waals surface area contributed by atoms with Crippen LogP contribution in [-0.2, 0) is 0 Å². The molecular formula is C14H29N. The average Bonchev–Trinajstić information content (AvgIpc) is 2.20. The van der Waals surface area contributed by atoms with Crippen molar-refractivity contribution in [3.63, 3.8) is 0 Å². The fourth-order valence-electron chi connectivity index (χ4n) is 2.63. The summed E-state index contributed by atoms with van der Waals surface area (Å²) in [6.07, 6.45) is 8.54. The van der Waals surface area contributed by atoms with Gasteiger partial charge in [-0.1, -0.05) is 33.6 Å². The molecule has 1 saturated heterocycles. The molecule has 0 N–H and O–H groups in total. The number of piperidine rings is 1. The number of rotatable bonds is 6. The smallest absolute Gasteiger partial charge is 0.00161 e. The van der Waals surface area contributed by atoms with E-state index in [1.54, 1.807) is 0 Å². The summed E-state index contributed by atoms with van der Waals surface area (Å²) in [5.74, 6) is 1.92. The molecule has 1 aliphatic rings. The van der Waals surface area contributed by atoms with Gasteiger partial charge in [0.15, 0.2) is 0 Å². The lowest BCUT2D eigenvalue weighted by molar-refractivity contribution is 0.174. The number of nitrogens with zero attached hydrogens (tertiary/aromatic N) is 1. The van der Waals surface area contributed by atoms with Crippen molar-refractivity contribution in [1.82, 2.24) is 4.90 Å². The lowest BCUT2D eigenvalue weighted by atomic mass is 9.92. The molecule has 1 heterocycles. The molecule has 0 aromatic rings. The minimum absolute atomic E-state index is 0.877. The van der Waals surface area contributed by atoms with Crippen molar-refractivity contribution in [3.8, 4) is 0 Å². The molecule has 0 amide bonds. The van der Waals surface area contributed by atoms with Gasteiger partial charge in [0.05, 0.1) is 0 Å². The van der Waals surface area contributed by atoms with Crippen LogP contribution in [0, 0.1) is 11.8 Å². The van der Waals surface area contributed by atoms with E-state index in [9.17, 15) is 0 Å². The monoisotopic (exact) mass is 211 g/mol. The predicted molar refractivity (Wildman–Crippen MR) is 68.1 cm³/mol. The third-order valence-corrected chi connectivity index (χ3v) is 3.66. The van der Waals surface area contributed by atoms with Crippen LogP contribution < -0.4 is 0 Å². The summed E-state index contributed by atoms with van der Waals surface area (Å²) < 4.78 is 0. The summed E-state index contributed by atoms with van der Waals surface area (Å²) in [5, 5.41) is 0. The highest BCUT2D eigenvalue weighted by molar-refractivity contribution is 4.71. The molecule has 0 radical (unpaired) electrons. The Hall–Kier alpha value is -0.0400. The van der Waals surface area contributed by atoms with Crippen molar-refractivity contribution in [1.29, 1.82) is 0 Å². The highest BCUT2D eigenvalue weighted by Gasteiger charge is 2.17. The second-order valence-corrected chi connectivity index (χ2v) is 5.61. The molecule has 0 saturated carbocycles. The summed E-state index contributed by atoms with van der Waals surface area (Å²) in [5.41, 5.74) is 0. The maximum Gasteiger partial charge on any atom is -0.00161 e. The van der Waals surface area contributed by atoms with Gasteiger partial charge in [-0.05, 0) is 57.2 Å². The normalized spacial score (nSPS) is 20.0. The lowest BCUT2D eigenvalue weighted by Crippen LogP contribution is -2.34.